The highest BCUT2D eigenvalue weighted by Crippen LogP contribution is 2.17. The van der Waals surface area contributed by atoms with Gasteiger partial charge in [-0.25, -0.2) is 8.42 Å². The smallest absolute Gasteiger partial charge is 0.246 e. The second kappa shape index (κ2) is 5.27. The number of nitrogens with one attached hydrogen (secondary N) is 1. The van der Waals surface area contributed by atoms with Crippen LogP contribution in [0.1, 0.15) is 19.0 Å². The van der Waals surface area contributed by atoms with Crippen LogP contribution >= 0.6 is 0 Å². The highest BCUT2D eigenvalue weighted by atomic mass is 32.2. The van der Waals surface area contributed by atoms with Crippen molar-refractivity contribution >= 4 is 10.0 Å². The van der Waals surface area contributed by atoms with E-state index >= 15 is 0 Å². The molecule has 16 heavy (non-hydrogen) atoms. The first-order valence-corrected chi connectivity index (χ1v) is 6.59. The lowest BCUT2D eigenvalue weighted by Crippen LogP contribution is -2.32. The quantitative estimate of drug-likeness (QED) is 0.766. The van der Waals surface area contributed by atoms with E-state index in [1.807, 2.05) is 6.92 Å². The lowest BCUT2D eigenvalue weighted by molar-refractivity contribution is 0.441. The summed E-state index contributed by atoms with van der Waals surface area (Å²) in [5.74, 6) is 0. The fourth-order valence-electron chi connectivity index (χ4n) is 1.44. The van der Waals surface area contributed by atoms with Crippen molar-refractivity contribution in [2.45, 2.75) is 25.2 Å². The summed E-state index contributed by atoms with van der Waals surface area (Å²) in [5, 5.41) is 6.37. The Morgan fingerprint density at radius 2 is 2.31 bits per heavy atom. The zero-order chi connectivity index (χ0) is 12.2. The number of nitrogens with zero attached hydrogens (tertiary/aromatic N) is 2. The monoisotopic (exact) mass is 243 g/mol. The molecule has 1 heterocycles. The summed E-state index contributed by atoms with van der Waals surface area (Å²) < 4.78 is 25.8. The number of aromatic nitrogens is 2. The molecule has 0 bridgehead atoms. The Bertz CT molecular complexity index is 450. The number of aryl methyl sites for hydroxylation is 1. The molecule has 1 N–H and O–H groups in total. The van der Waals surface area contributed by atoms with Gasteiger partial charge < -0.3 is 0 Å². The molecule has 0 spiro atoms. The van der Waals surface area contributed by atoms with Crippen molar-refractivity contribution in [1.82, 2.24) is 14.5 Å². The van der Waals surface area contributed by atoms with Gasteiger partial charge in [-0.2, -0.15) is 9.40 Å². The Hall–Kier alpha value is -1.14. The molecule has 5 nitrogen and oxygen atoms in total. The first-order chi connectivity index (χ1) is 7.54. The number of hydrogen-bond acceptors (Lipinski definition) is 3. The van der Waals surface area contributed by atoms with Crippen LogP contribution in [0.25, 0.3) is 0 Å². The molecule has 0 aliphatic carbocycles. The molecule has 90 valence electrons. The van der Waals surface area contributed by atoms with Gasteiger partial charge >= 0.3 is 0 Å². The summed E-state index contributed by atoms with van der Waals surface area (Å²) >= 11 is 0. The number of hydrogen-bond donors (Lipinski definition) is 1. The fraction of sp³-hybridized carbons (Fsp3) is 0.500. The van der Waals surface area contributed by atoms with Crippen LogP contribution in [0, 0.1) is 6.92 Å². The second-order valence-corrected chi connectivity index (χ2v) is 5.42. The minimum atomic E-state index is -3.44. The molecule has 1 aromatic rings. The molecule has 1 rings (SSSR count). The minimum Gasteiger partial charge on any atom is -0.281 e. The molecule has 0 aromatic carbocycles. The van der Waals surface area contributed by atoms with Crippen molar-refractivity contribution in [3.63, 3.8) is 0 Å². The van der Waals surface area contributed by atoms with Crippen LogP contribution in [0.5, 0.6) is 0 Å². The first-order valence-electron chi connectivity index (χ1n) is 5.15. The van der Waals surface area contributed by atoms with Gasteiger partial charge in [0.05, 0.1) is 11.9 Å². The van der Waals surface area contributed by atoms with Crippen molar-refractivity contribution in [2.75, 3.05) is 13.1 Å². The summed E-state index contributed by atoms with van der Waals surface area (Å²) in [6.07, 6.45) is 3.70. The predicted molar refractivity (Wildman–Crippen MR) is 62.6 cm³/mol. The van der Waals surface area contributed by atoms with E-state index < -0.39 is 10.0 Å². The maximum absolute atomic E-state index is 12.2. The molecular formula is C10H17N3O2S. The van der Waals surface area contributed by atoms with Crippen LogP contribution in [0.4, 0.5) is 0 Å². The zero-order valence-electron chi connectivity index (χ0n) is 9.60. The minimum absolute atomic E-state index is 0.239. The highest BCUT2D eigenvalue weighted by Gasteiger charge is 2.25. The molecule has 0 saturated carbocycles. The Morgan fingerprint density at radius 1 is 1.62 bits per heavy atom. The molecule has 1 aromatic heterocycles. The fourth-order valence-corrected chi connectivity index (χ4v) is 3.06. The van der Waals surface area contributed by atoms with E-state index in [9.17, 15) is 8.42 Å². The first kappa shape index (κ1) is 12.9. The van der Waals surface area contributed by atoms with Gasteiger partial charge in [0.15, 0.2) is 0 Å². The Labute approximate surface area is 96.2 Å². The molecule has 0 aliphatic rings. The van der Waals surface area contributed by atoms with Crippen LogP contribution in [0.2, 0.25) is 0 Å². The Morgan fingerprint density at radius 3 is 2.75 bits per heavy atom. The third-order valence-electron chi connectivity index (χ3n) is 2.21. The van der Waals surface area contributed by atoms with Crippen LogP contribution in [0.15, 0.2) is 23.7 Å². The van der Waals surface area contributed by atoms with E-state index in [4.69, 9.17) is 0 Å². The van der Waals surface area contributed by atoms with Crippen LogP contribution in [0.3, 0.4) is 0 Å². The summed E-state index contributed by atoms with van der Waals surface area (Å²) in [7, 11) is -3.44. The second-order valence-electron chi connectivity index (χ2n) is 3.51. The Kier molecular flexibility index (Phi) is 4.26. The lowest BCUT2D eigenvalue weighted by Gasteiger charge is -2.19. The van der Waals surface area contributed by atoms with E-state index in [0.717, 1.165) is 6.42 Å². The van der Waals surface area contributed by atoms with E-state index in [0.29, 0.717) is 18.8 Å². The molecule has 0 aliphatic heterocycles. The third kappa shape index (κ3) is 2.51. The summed E-state index contributed by atoms with van der Waals surface area (Å²) in [6.45, 7) is 8.01. The largest absolute Gasteiger partial charge is 0.281 e. The molecule has 0 fully saturated rings. The molecule has 0 saturated heterocycles. The molecule has 0 unspecified atom stereocenters. The van der Waals surface area contributed by atoms with Gasteiger partial charge in [-0.3, -0.25) is 5.10 Å². The van der Waals surface area contributed by atoms with Gasteiger partial charge in [0.2, 0.25) is 10.0 Å². The lowest BCUT2D eigenvalue weighted by atomic mass is 10.5. The van der Waals surface area contributed by atoms with E-state index in [1.54, 1.807) is 13.0 Å². The number of H-pyrrole nitrogens is 1. The van der Waals surface area contributed by atoms with Gasteiger partial charge in [-0.05, 0) is 13.3 Å². The molecule has 0 amide bonds. The summed E-state index contributed by atoms with van der Waals surface area (Å²) in [6, 6.07) is 0. The van der Waals surface area contributed by atoms with E-state index in [-0.39, 0.29) is 4.90 Å². The van der Waals surface area contributed by atoms with E-state index in [2.05, 4.69) is 16.8 Å². The van der Waals surface area contributed by atoms with Gasteiger partial charge in [0.1, 0.15) is 4.90 Å². The molecule has 0 atom stereocenters. The number of aromatic amines is 1. The summed E-state index contributed by atoms with van der Waals surface area (Å²) in [4.78, 5) is 0.239. The van der Waals surface area contributed by atoms with Crippen molar-refractivity contribution in [3.05, 3.63) is 24.5 Å². The normalized spacial score (nSPS) is 11.9. The zero-order valence-corrected chi connectivity index (χ0v) is 10.4. The SMILES string of the molecule is C=CCN(CCC)S(=O)(=O)c1cn[nH]c1C. The number of rotatable bonds is 6. The van der Waals surface area contributed by atoms with Crippen molar-refractivity contribution in [2.24, 2.45) is 0 Å². The predicted octanol–water partition coefficient (Wildman–Crippen LogP) is 1.30. The van der Waals surface area contributed by atoms with Gasteiger partial charge in [0.25, 0.3) is 0 Å². The number of sulfonamides is 1. The average molecular weight is 243 g/mol. The van der Waals surface area contributed by atoms with Gasteiger partial charge in [0, 0.05) is 13.1 Å². The van der Waals surface area contributed by atoms with Gasteiger partial charge in [-0.15, -0.1) is 6.58 Å². The maximum Gasteiger partial charge on any atom is 0.246 e. The van der Waals surface area contributed by atoms with E-state index in [1.165, 1.54) is 10.5 Å². The molecule has 0 radical (unpaired) electrons. The van der Waals surface area contributed by atoms with Crippen LogP contribution in [-0.2, 0) is 10.0 Å². The highest BCUT2D eigenvalue weighted by molar-refractivity contribution is 7.89. The van der Waals surface area contributed by atoms with Crippen molar-refractivity contribution in [3.8, 4) is 0 Å². The van der Waals surface area contributed by atoms with Gasteiger partial charge in [-0.1, -0.05) is 13.0 Å². The van der Waals surface area contributed by atoms with Crippen LogP contribution < -0.4 is 0 Å². The van der Waals surface area contributed by atoms with Crippen LogP contribution in [-0.4, -0.2) is 36.0 Å². The summed E-state index contributed by atoms with van der Waals surface area (Å²) in [5.41, 5.74) is 0.560. The maximum atomic E-state index is 12.2. The standard InChI is InChI=1S/C10H17N3O2S/c1-4-6-13(7-5-2)16(14,15)10-8-11-12-9(10)3/h4,8H,1,5-7H2,2-3H3,(H,11,12). The molecule has 6 heteroatoms. The van der Waals surface area contributed by atoms with Crippen molar-refractivity contribution in [1.29, 1.82) is 0 Å². The Balaban J connectivity index is 3.07. The molecular weight excluding hydrogens is 226 g/mol. The topological polar surface area (TPSA) is 66.1 Å². The average Bonchev–Trinajstić information content (AvgIpc) is 2.65. The third-order valence-corrected chi connectivity index (χ3v) is 4.19. The van der Waals surface area contributed by atoms with Crippen molar-refractivity contribution < 1.29 is 8.42 Å².